The zero-order valence-electron chi connectivity index (χ0n) is 12.9. The summed E-state index contributed by atoms with van der Waals surface area (Å²) in [5, 5.41) is 15.9. The van der Waals surface area contributed by atoms with Crippen molar-refractivity contribution in [1.82, 2.24) is 5.32 Å². The van der Waals surface area contributed by atoms with E-state index in [4.69, 9.17) is 0 Å². The molecule has 0 saturated carbocycles. The van der Waals surface area contributed by atoms with Crippen molar-refractivity contribution in [1.29, 1.82) is 0 Å². The molecule has 0 aliphatic heterocycles. The number of hydrogen-bond acceptors (Lipinski definition) is 2. The first kappa shape index (κ1) is 14.9. The predicted molar refractivity (Wildman–Crippen MR) is 85.9 cm³/mol. The van der Waals surface area contributed by atoms with Crippen molar-refractivity contribution in [2.45, 2.75) is 34.2 Å². The lowest BCUT2D eigenvalue weighted by atomic mass is 9.81. The molecule has 0 aliphatic carbocycles. The van der Waals surface area contributed by atoms with Crippen molar-refractivity contribution in [2.75, 3.05) is 6.54 Å². The van der Waals surface area contributed by atoms with E-state index >= 15 is 0 Å². The molecule has 0 aromatic heterocycles. The molecule has 0 aliphatic rings. The number of fused-ring (bicyclic) bond motifs is 1. The van der Waals surface area contributed by atoms with Crippen LogP contribution in [0.5, 0.6) is 5.75 Å². The van der Waals surface area contributed by atoms with Gasteiger partial charge in [-0.2, -0.15) is 0 Å². The standard InChI is InChI=1S/C18H25NO/c1-13(2)18(3,4)12-19-11-16-15-8-6-5-7-14(15)9-10-17(16)20/h5-10,13,19-20H,11-12H2,1-4H3. The van der Waals surface area contributed by atoms with Gasteiger partial charge in [-0.25, -0.2) is 0 Å². The number of rotatable bonds is 5. The van der Waals surface area contributed by atoms with Crippen molar-refractivity contribution in [2.24, 2.45) is 11.3 Å². The fourth-order valence-corrected chi connectivity index (χ4v) is 2.22. The lowest BCUT2D eigenvalue weighted by Crippen LogP contribution is -2.33. The summed E-state index contributed by atoms with van der Waals surface area (Å²) in [5.41, 5.74) is 1.24. The summed E-state index contributed by atoms with van der Waals surface area (Å²) in [5.74, 6) is 0.995. The zero-order chi connectivity index (χ0) is 14.8. The van der Waals surface area contributed by atoms with Gasteiger partial charge in [-0.05, 0) is 28.2 Å². The number of aromatic hydroxyl groups is 1. The average Bonchev–Trinajstić information content (AvgIpc) is 2.41. The highest BCUT2D eigenvalue weighted by molar-refractivity contribution is 5.87. The van der Waals surface area contributed by atoms with E-state index in [1.54, 1.807) is 6.07 Å². The molecule has 0 spiro atoms. The van der Waals surface area contributed by atoms with Gasteiger partial charge in [-0.3, -0.25) is 0 Å². The molecule has 2 aromatic rings. The fraction of sp³-hybridized carbons (Fsp3) is 0.444. The lowest BCUT2D eigenvalue weighted by molar-refractivity contribution is 0.237. The maximum atomic E-state index is 10.1. The second kappa shape index (κ2) is 5.84. The summed E-state index contributed by atoms with van der Waals surface area (Å²) >= 11 is 0. The molecule has 2 rings (SSSR count). The Bertz CT molecular complexity index is 587. The minimum Gasteiger partial charge on any atom is -0.508 e. The monoisotopic (exact) mass is 271 g/mol. The summed E-state index contributed by atoms with van der Waals surface area (Å²) in [6, 6.07) is 11.9. The molecule has 0 heterocycles. The normalized spacial score (nSPS) is 12.2. The highest BCUT2D eigenvalue weighted by atomic mass is 16.3. The third-order valence-electron chi connectivity index (χ3n) is 4.46. The van der Waals surface area contributed by atoms with Crippen LogP contribution in [0, 0.1) is 11.3 Å². The van der Waals surface area contributed by atoms with Crippen LogP contribution in [-0.2, 0) is 6.54 Å². The minimum absolute atomic E-state index is 0.250. The van der Waals surface area contributed by atoms with Gasteiger partial charge in [-0.1, -0.05) is 58.0 Å². The van der Waals surface area contributed by atoms with E-state index in [0.717, 1.165) is 17.5 Å². The molecule has 108 valence electrons. The van der Waals surface area contributed by atoms with Gasteiger partial charge in [0.25, 0.3) is 0 Å². The summed E-state index contributed by atoms with van der Waals surface area (Å²) in [7, 11) is 0. The quantitative estimate of drug-likeness (QED) is 0.849. The van der Waals surface area contributed by atoms with E-state index in [-0.39, 0.29) is 5.41 Å². The number of hydrogen-bond donors (Lipinski definition) is 2. The number of nitrogens with one attached hydrogen (secondary N) is 1. The van der Waals surface area contributed by atoms with Crippen LogP contribution in [0.3, 0.4) is 0 Å². The molecule has 0 atom stereocenters. The molecule has 0 unspecified atom stereocenters. The maximum Gasteiger partial charge on any atom is 0.120 e. The first-order valence-corrected chi connectivity index (χ1v) is 7.32. The highest BCUT2D eigenvalue weighted by Crippen LogP contribution is 2.28. The fourth-order valence-electron chi connectivity index (χ4n) is 2.22. The SMILES string of the molecule is CC(C)C(C)(C)CNCc1c(O)ccc2ccccc12. The number of benzene rings is 2. The molecule has 2 N–H and O–H groups in total. The Hall–Kier alpha value is -1.54. The van der Waals surface area contributed by atoms with Crippen LogP contribution < -0.4 is 5.32 Å². The predicted octanol–water partition coefficient (Wildman–Crippen LogP) is 4.32. The Balaban J connectivity index is 2.16. The first-order valence-electron chi connectivity index (χ1n) is 7.32. The van der Waals surface area contributed by atoms with Crippen LogP contribution in [0.25, 0.3) is 10.8 Å². The summed E-state index contributed by atoms with van der Waals surface area (Å²) in [4.78, 5) is 0. The topological polar surface area (TPSA) is 32.3 Å². The van der Waals surface area contributed by atoms with Crippen LogP contribution in [-0.4, -0.2) is 11.7 Å². The van der Waals surface area contributed by atoms with Crippen LogP contribution in [0.4, 0.5) is 0 Å². The van der Waals surface area contributed by atoms with Gasteiger partial charge in [0, 0.05) is 18.7 Å². The molecule has 2 aromatic carbocycles. The van der Waals surface area contributed by atoms with Crippen LogP contribution in [0.15, 0.2) is 36.4 Å². The van der Waals surface area contributed by atoms with E-state index in [0.29, 0.717) is 18.2 Å². The van der Waals surface area contributed by atoms with Crippen LogP contribution in [0.1, 0.15) is 33.3 Å². The molecular formula is C18H25NO. The van der Waals surface area contributed by atoms with Crippen molar-refractivity contribution in [3.8, 4) is 5.75 Å². The van der Waals surface area contributed by atoms with Gasteiger partial charge in [0.05, 0.1) is 0 Å². The van der Waals surface area contributed by atoms with Gasteiger partial charge < -0.3 is 10.4 Å². The van der Waals surface area contributed by atoms with Gasteiger partial charge in [0.2, 0.25) is 0 Å². The van der Waals surface area contributed by atoms with Gasteiger partial charge in [0.1, 0.15) is 5.75 Å². The van der Waals surface area contributed by atoms with Gasteiger partial charge in [0.15, 0.2) is 0 Å². The maximum absolute atomic E-state index is 10.1. The first-order chi connectivity index (χ1) is 9.42. The number of phenolic OH excluding ortho intramolecular Hbond substituents is 1. The molecule has 0 fully saturated rings. The van der Waals surface area contributed by atoms with E-state index in [9.17, 15) is 5.11 Å². The lowest BCUT2D eigenvalue weighted by Gasteiger charge is -2.29. The summed E-state index contributed by atoms with van der Waals surface area (Å²) in [6.45, 7) is 10.7. The Morgan fingerprint density at radius 2 is 1.80 bits per heavy atom. The Morgan fingerprint density at radius 1 is 1.10 bits per heavy atom. The number of phenols is 1. The molecule has 20 heavy (non-hydrogen) atoms. The van der Waals surface area contributed by atoms with Crippen molar-refractivity contribution in [3.05, 3.63) is 42.0 Å². The Labute approximate surface area is 121 Å². The summed E-state index contributed by atoms with van der Waals surface area (Å²) in [6.07, 6.45) is 0. The van der Waals surface area contributed by atoms with Crippen LogP contribution >= 0.6 is 0 Å². The highest BCUT2D eigenvalue weighted by Gasteiger charge is 2.21. The second-order valence-electron chi connectivity index (χ2n) is 6.53. The van der Waals surface area contributed by atoms with Crippen molar-refractivity contribution >= 4 is 10.8 Å². The molecule has 0 radical (unpaired) electrons. The Morgan fingerprint density at radius 3 is 2.50 bits per heavy atom. The molecular weight excluding hydrogens is 246 g/mol. The van der Waals surface area contributed by atoms with Crippen LogP contribution in [0.2, 0.25) is 0 Å². The van der Waals surface area contributed by atoms with E-state index < -0.39 is 0 Å². The van der Waals surface area contributed by atoms with E-state index in [1.165, 1.54) is 5.39 Å². The minimum atomic E-state index is 0.250. The Kier molecular flexibility index (Phi) is 4.34. The van der Waals surface area contributed by atoms with Crippen molar-refractivity contribution < 1.29 is 5.11 Å². The molecule has 0 saturated heterocycles. The molecule has 0 bridgehead atoms. The summed E-state index contributed by atoms with van der Waals surface area (Å²) < 4.78 is 0. The third kappa shape index (κ3) is 3.13. The van der Waals surface area contributed by atoms with E-state index in [2.05, 4.69) is 45.1 Å². The largest absolute Gasteiger partial charge is 0.508 e. The average molecular weight is 271 g/mol. The van der Waals surface area contributed by atoms with Gasteiger partial charge >= 0.3 is 0 Å². The zero-order valence-corrected chi connectivity index (χ0v) is 12.9. The van der Waals surface area contributed by atoms with Gasteiger partial charge in [-0.15, -0.1) is 0 Å². The smallest absolute Gasteiger partial charge is 0.120 e. The van der Waals surface area contributed by atoms with Crippen molar-refractivity contribution in [3.63, 3.8) is 0 Å². The van der Waals surface area contributed by atoms with E-state index in [1.807, 2.05) is 18.2 Å². The third-order valence-corrected chi connectivity index (χ3v) is 4.46. The molecule has 2 nitrogen and oxygen atoms in total. The molecule has 2 heteroatoms. The second-order valence-corrected chi connectivity index (χ2v) is 6.53. The molecule has 0 amide bonds.